The van der Waals surface area contributed by atoms with E-state index in [4.69, 9.17) is 14.2 Å². The first kappa shape index (κ1) is 10.5. The largest absolute Gasteiger partial charge is 0.463 e. The molecule has 1 saturated heterocycles. The van der Waals surface area contributed by atoms with Crippen LogP contribution in [0.25, 0.3) is 0 Å². The molecule has 0 aromatic heterocycles. The zero-order valence-electron chi connectivity index (χ0n) is 8.04. The van der Waals surface area contributed by atoms with Crippen LogP contribution in [0.4, 0.5) is 0 Å². The second kappa shape index (κ2) is 4.58. The number of hydrogen-bond donors (Lipinski definition) is 0. The van der Waals surface area contributed by atoms with Crippen LogP contribution in [-0.2, 0) is 19.0 Å². The molecule has 0 bridgehead atoms. The molecule has 0 aliphatic carbocycles. The molecule has 0 N–H and O–H groups in total. The number of unbranched alkanes of at least 4 members (excludes halogenated alkanes) is 1. The summed E-state index contributed by atoms with van der Waals surface area (Å²) in [5, 5.41) is 0. The van der Waals surface area contributed by atoms with Crippen molar-refractivity contribution in [3.8, 4) is 0 Å². The van der Waals surface area contributed by atoms with E-state index in [1.54, 1.807) is 6.92 Å². The lowest BCUT2D eigenvalue weighted by Crippen LogP contribution is -2.39. The van der Waals surface area contributed by atoms with Gasteiger partial charge in [0.25, 0.3) is 0 Å². The first-order valence-corrected chi connectivity index (χ1v) is 4.47. The van der Waals surface area contributed by atoms with Crippen molar-refractivity contribution >= 4 is 5.97 Å². The highest BCUT2D eigenvalue weighted by Crippen LogP contribution is 2.21. The van der Waals surface area contributed by atoms with Crippen molar-refractivity contribution in [2.24, 2.45) is 0 Å². The number of carbonyl (C=O) groups is 1. The van der Waals surface area contributed by atoms with Crippen LogP contribution in [0.5, 0.6) is 0 Å². The highest BCUT2D eigenvalue weighted by Gasteiger charge is 2.40. The van der Waals surface area contributed by atoms with Gasteiger partial charge in [0, 0.05) is 0 Å². The van der Waals surface area contributed by atoms with E-state index in [1.807, 2.05) is 6.92 Å². The van der Waals surface area contributed by atoms with Crippen molar-refractivity contribution in [1.82, 2.24) is 0 Å². The Morgan fingerprint density at radius 3 is 3.00 bits per heavy atom. The first-order chi connectivity index (χ1) is 6.19. The van der Waals surface area contributed by atoms with Gasteiger partial charge in [-0.05, 0) is 13.3 Å². The average molecular weight is 187 g/mol. The van der Waals surface area contributed by atoms with E-state index in [2.05, 4.69) is 0 Å². The highest BCUT2D eigenvalue weighted by atomic mass is 16.7. The summed E-state index contributed by atoms with van der Waals surface area (Å²) in [6, 6.07) is 0. The maximum absolute atomic E-state index is 11.4. The maximum Gasteiger partial charge on any atom is 0.340 e. The van der Waals surface area contributed by atoms with E-state index in [0.29, 0.717) is 6.61 Å². The van der Waals surface area contributed by atoms with Gasteiger partial charge in [0.15, 0.2) is 5.60 Å². The molecule has 1 unspecified atom stereocenters. The first-order valence-electron chi connectivity index (χ1n) is 4.47. The molecule has 1 rings (SSSR count). The lowest BCUT2D eigenvalue weighted by molar-refractivity contribution is -0.161. The highest BCUT2D eigenvalue weighted by molar-refractivity contribution is 5.79. The van der Waals surface area contributed by atoms with Gasteiger partial charge < -0.3 is 14.2 Å². The summed E-state index contributed by atoms with van der Waals surface area (Å²) in [5.74, 6) is -0.352. The minimum absolute atomic E-state index is 0.234. The van der Waals surface area contributed by atoms with Crippen molar-refractivity contribution in [2.45, 2.75) is 32.3 Å². The molecule has 13 heavy (non-hydrogen) atoms. The molecule has 1 aliphatic rings. The minimum atomic E-state index is -0.937. The van der Waals surface area contributed by atoms with Crippen molar-refractivity contribution in [1.29, 1.82) is 0 Å². The van der Waals surface area contributed by atoms with Gasteiger partial charge in [-0.3, -0.25) is 0 Å². The molecule has 4 nitrogen and oxygen atoms in total. The normalized spacial score (nSPS) is 27.5. The molecule has 1 radical (unpaired) electrons. The van der Waals surface area contributed by atoms with Crippen molar-refractivity contribution < 1.29 is 19.0 Å². The van der Waals surface area contributed by atoms with Crippen molar-refractivity contribution in [2.75, 3.05) is 13.2 Å². The maximum atomic E-state index is 11.4. The van der Waals surface area contributed by atoms with Crippen molar-refractivity contribution in [3.63, 3.8) is 0 Å². The smallest absolute Gasteiger partial charge is 0.340 e. The topological polar surface area (TPSA) is 44.8 Å². The molecule has 1 fully saturated rings. The van der Waals surface area contributed by atoms with Gasteiger partial charge in [-0.15, -0.1) is 0 Å². The van der Waals surface area contributed by atoms with Gasteiger partial charge in [0.1, 0.15) is 0 Å². The molecule has 0 aromatic rings. The Kier molecular flexibility index (Phi) is 3.69. The van der Waals surface area contributed by atoms with E-state index in [9.17, 15) is 4.79 Å². The van der Waals surface area contributed by atoms with Crippen LogP contribution in [0.15, 0.2) is 0 Å². The predicted octanol–water partition coefficient (Wildman–Crippen LogP) is 1.25. The van der Waals surface area contributed by atoms with Crippen LogP contribution in [0, 0.1) is 6.79 Å². The Labute approximate surface area is 78.2 Å². The molecular formula is C9H15O4. The molecule has 0 amide bonds. The van der Waals surface area contributed by atoms with Gasteiger partial charge in [-0.1, -0.05) is 13.3 Å². The summed E-state index contributed by atoms with van der Waals surface area (Å²) in [5.41, 5.74) is -0.937. The summed E-state index contributed by atoms with van der Waals surface area (Å²) in [4.78, 5) is 11.4. The molecule has 4 heteroatoms. The third-order valence-electron chi connectivity index (χ3n) is 1.90. The standard InChI is InChI=1S/C9H15O4/c1-3-4-5-12-8(10)9(2)6-11-7-13-9/h7H,3-6H2,1-2H3. The molecule has 1 heterocycles. The molecule has 0 spiro atoms. The number of hydrogen-bond acceptors (Lipinski definition) is 4. The number of ether oxygens (including phenoxy) is 3. The van der Waals surface area contributed by atoms with Gasteiger partial charge in [-0.2, -0.15) is 0 Å². The Morgan fingerprint density at radius 1 is 1.69 bits per heavy atom. The van der Waals surface area contributed by atoms with Gasteiger partial charge >= 0.3 is 5.97 Å². The molecular weight excluding hydrogens is 172 g/mol. The fourth-order valence-electron chi connectivity index (χ4n) is 0.936. The third-order valence-corrected chi connectivity index (χ3v) is 1.90. The van der Waals surface area contributed by atoms with E-state index in [0.717, 1.165) is 12.8 Å². The second-order valence-corrected chi connectivity index (χ2v) is 3.25. The van der Waals surface area contributed by atoms with Gasteiger partial charge in [-0.25, -0.2) is 4.79 Å². The zero-order chi connectivity index (χ0) is 9.73. The Balaban J connectivity index is 2.29. The average Bonchev–Trinajstić information content (AvgIpc) is 2.54. The van der Waals surface area contributed by atoms with E-state index in [-0.39, 0.29) is 12.6 Å². The van der Waals surface area contributed by atoms with Crippen LogP contribution in [0.2, 0.25) is 0 Å². The van der Waals surface area contributed by atoms with Crippen LogP contribution in [-0.4, -0.2) is 24.8 Å². The quantitative estimate of drug-likeness (QED) is 0.491. The van der Waals surface area contributed by atoms with E-state index < -0.39 is 5.60 Å². The fraction of sp³-hybridized carbons (Fsp3) is 0.778. The summed E-state index contributed by atoms with van der Waals surface area (Å²) in [6.45, 7) is 5.57. The zero-order valence-corrected chi connectivity index (χ0v) is 8.04. The summed E-state index contributed by atoms with van der Waals surface area (Å²) < 4.78 is 14.9. The van der Waals surface area contributed by atoms with Crippen molar-refractivity contribution in [3.05, 3.63) is 6.79 Å². The van der Waals surface area contributed by atoms with E-state index >= 15 is 0 Å². The van der Waals surface area contributed by atoms with Crippen LogP contribution in [0.1, 0.15) is 26.7 Å². The summed E-state index contributed by atoms with van der Waals surface area (Å²) >= 11 is 0. The molecule has 1 aliphatic heterocycles. The van der Waals surface area contributed by atoms with Crippen LogP contribution >= 0.6 is 0 Å². The number of rotatable bonds is 4. The predicted molar refractivity (Wildman–Crippen MR) is 45.6 cm³/mol. The SMILES string of the molecule is CCCCOC(=O)C1(C)CO[CH]O1. The lowest BCUT2D eigenvalue weighted by Gasteiger charge is -2.18. The second-order valence-electron chi connectivity index (χ2n) is 3.25. The number of carbonyl (C=O) groups excluding carboxylic acids is 1. The molecule has 0 aromatic carbocycles. The molecule has 0 saturated carbocycles. The minimum Gasteiger partial charge on any atom is -0.463 e. The molecule has 1 atom stereocenters. The third kappa shape index (κ3) is 2.67. The Hall–Kier alpha value is -0.610. The Bertz CT molecular complexity index is 172. The monoisotopic (exact) mass is 187 g/mol. The summed E-state index contributed by atoms with van der Waals surface area (Å²) in [7, 11) is 0. The fourth-order valence-corrected chi connectivity index (χ4v) is 0.936. The van der Waals surface area contributed by atoms with E-state index in [1.165, 1.54) is 6.79 Å². The Morgan fingerprint density at radius 2 is 2.46 bits per heavy atom. The molecule has 75 valence electrons. The van der Waals surface area contributed by atoms with Gasteiger partial charge in [0.05, 0.1) is 13.2 Å². The number of esters is 1. The lowest BCUT2D eigenvalue weighted by atomic mass is 10.1. The van der Waals surface area contributed by atoms with Crippen LogP contribution < -0.4 is 0 Å². The van der Waals surface area contributed by atoms with Gasteiger partial charge in [0.2, 0.25) is 6.79 Å². The summed E-state index contributed by atoms with van der Waals surface area (Å²) in [6.07, 6.45) is 1.89. The van der Waals surface area contributed by atoms with Crippen LogP contribution in [0.3, 0.4) is 0 Å².